The number of Topliss-reactive ketones (excluding diaryl/α,β-unsaturated/α-hetero) is 1. The van der Waals surface area contributed by atoms with Gasteiger partial charge in [-0.15, -0.1) is 0 Å². The van der Waals surface area contributed by atoms with Crippen LogP contribution in [0.4, 0.5) is 0 Å². The van der Waals surface area contributed by atoms with E-state index in [1.165, 1.54) is 0 Å². The fourth-order valence-corrected chi connectivity index (χ4v) is 0.603. The van der Waals surface area contributed by atoms with E-state index in [4.69, 9.17) is 26.2 Å². The summed E-state index contributed by atoms with van der Waals surface area (Å²) >= 11 is 0. The van der Waals surface area contributed by atoms with Gasteiger partial charge < -0.3 is 26.2 Å². The topological polar surface area (TPSA) is 192 Å². The average Bonchev–Trinajstić information content (AvgIpc) is 2.25. The van der Waals surface area contributed by atoms with Crippen molar-refractivity contribution >= 4 is 29.7 Å². The molecule has 0 aliphatic rings. The summed E-state index contributed by atoms with van der Waals surface area (Å²) in [4.78, 5) is 49.4. The molecule has 108 valence electrons. The number of rotatable bonds is 7. The minimum Gasteiger partial charge on any atom is -0.481 e. The lowest BCUT2D eigenvalue weighted by atomic mass is 10.2. The first-order chi connectivity index (χ1) is 8.57. The van der Waals surface area contributed by atoms with Crippen molar-refractivity contribution in [3.8, 4) is 0 Å². The summed E-state index contributed by atoms with van der Waals surface area (Å²) < 4.78 is 0. The molecule has 1 atom stereocenters. The Bertz CT molecular complexity index is 376. The molecule has 0 radical (unpaired) electrons. The molecule has 0 saturated carbocycles. The van der Waals surface area contributed by atoms with Crippen molar-refractivity contribution in [2.75, 3.05) is 0 Å². The number of carbonyl (C=O) groups excluding carboxylic acids is 1. The number of nitrogens with two attached hydrogens (primary N) is 1. The van der Waals surface area contributed by atoms with E-state index in [-0.39, 0.29) is 0 Å². The first-order valence-electron chi connectivity index (χ1n) is 4.76. The third kappa shape index (κ3) is 13.4. The van der Waals surface area contributed by atoms with Gasteiger partial charge in [0, 0.05) is 6.42 Å². The van der Waals surface area contributed by atoms with Gasteiger partial charge in [0.25, 0.3) is 0 Å². The van der Waals surface area contributed by atoms with Crippen molar-refractivity contribution in [2.24, 2.45) is 5.73 Å². The molecule has 0 saturated heterocycles. The zero-order valence-electron chi connectivity index (χ0n) is 9.61. The Morgan fingerprint density at radius 3 is 1.53 bits per heavy atom. The number of carboxylic acids is 4. The van der Waals surface area contributed by atoms with E-state index in [1.807, 2.05) is 0 Å². The summed E-state index contributed by atoms with van der Waals surface area (Å²) in [5, 5.41) is 32.0. The smallest absolute Gasteiger partial charge is 0.372 e. The monoisotopic (exact) mass is 279 g/mol. The molecular weight excluding hydrogens is 266 g/mol. The number of aliphatic carboxylic acids is 4. The van der Waals surface area contributed by atoms with E-state index in [0.29, 0.717) is 0 Å². The van der Waals surface area contributed by atoms with Gasteiger partial charge in [-0.25, -0.2) is 4.79 Å². The molecule has 0 bridgehead atoms. The predicted octanol–water partition coefficient (Wildman–Crippen LogP) is -1.62. The molecule has 10 nitrogen and oxygen atoms in total. The molecular formula is C9H13NO9. The molecule has 0 heterocycles. The first kappa shape index (κ1) is 18.9. The van der Waals surface area contributed by atoms with E-state index < -0.39 is 55.0 Å². The summed E-state index contributed by atoms with van der Waals surface area (Å²) in [6.07, 6.45) is -1.40. The van der Waals surface area contributed by atoms with Gasteiger partial charge in [0.15, 0.2) is 0 Å². The largest absolute Gasteiger partial charge is 0.481 e. The molecule has 0 aliphatic carbocycles. The molecule has 0 fully saturated rings. The van der Waals surface area contributed by atoms with Crippen LogP contribution >= 0.6 is 0 Å². The Labute approximate surface area is 106 Å². The maximum absolute atomic E-state index is 10.2. The second kappa shape index (κ2) is 9.53. The van der Waals surface area contributed by atoms with Crippen molar-refractivity contribution in [3.63, 3.8) is 0 Å². The van der Waals surface area contributed by atoms with Crippen LogP contribution in [-0.2, 0) is 24.0 Å². The van der Waals surface area contributed by atoms with E-state index >= 15 is 0 Å². The highest BCUT2D eigenvalue weighted by atomic mass is 16.4. The SMILES string of the molecule is N[C@@H](CC(=O)O)C(=O)O.O=C(O)CCC(=O)C(=O)O. The van der Waals surface area contributed by atoms with Gasteiger partial charge in [-0.1, -0.05) is 0 Å². The van der Waals surface area contributed by atoms with E-state index in [0.717, 1.165) is 0 Å². The maximum atomic E-state index is 10.2. The molecule has 0 amide bonds. The Morgan fingerprint density at radius 2 is 1.32 bits per heavy atom. The number of hydrogen-bond acceptors (Lipinski definition) is 6. The lowest BCUT2D eigenvalue weighted by molar-refractivity contribution is -0.149. The number of carboxylic acid groups (broad SMARTS) is 4. The zero-order chi connectivity index (χ0) is 15.6. The van der Waals surface area contributed by atoms with Crippen LogP contribution in [0.5, 0.6) is 0 Å². The van der Waals surface area contributed by atoms with Gasteiger partial charge in [0.2, 0.25) is 5.78 Å². The zero-order valence-corrected chi connectivity index (χ0v) is 9.61. The highest BCUT2D eigenvalue weighted by Crippen LogP contribution is 1.90. The third-order valence-corrected chi connectivity index (χ3v) is 1.52. The van der Waals surface area contributed by atoms with Crippen LogP contribution in [0.25, 0.3) is 0 Å². The van der Waals surface area contributed by atoms with Crippen LogP contribution in [0.3, 0.4) is 0 Å². The number of carbonyl (C=O) groups is 5. The minimum atomic E-state index is -1.58. The van der Waals surface area contributed by atoms with Crippen molar-refractivity contribution in [3.05, 3.63) is 0 Å². The molecule has 0 unspecified atom stereocenters. The Balaban J connectivity index is 0. The minimum absolute atomic E-state index is 0.425. The normalized spacial score (nSPS) is 10.6. The van der Waals surface area contributed by atoms with E-state index in [2.05, 4.69) is 0 Å². The summed E-state index contributed by atoms with van der Waals surface area (Å²) in [7, 11) is 0. The molecule has 0 aromatic carbocycles. The van der Waals surface area contributed by atoms with Crippen LogP contribution in [0.15, 0.2) is 0 Å². The Hall–Kier alpha value is -2.49. The predicted molar refractivity (Wildman–Crippen MR) is 57.4 cm³/mol. The molecule has 0 rings (SSSR count). The van der Waals surface area contributed by atoms with Gasteiger partial charge in [0.05, 0.1) is 12.8 Å². The van der Waals surface area contributed by atoms with Crippen LogP contribution in [0.2, 0.25) is 0 Å². The molecule has 0 spiro atoms. The van der Waals surface area contributed by atoms with Gasteiger partial charge in [-0.05, 0) is 0 Å². The molecule has 10 heteroatoms. The first-order valence-corrected chi connectivity index (χ1v) is 4.76. The summed E-state index contributed by atoms with van der Waals surface area (Å²) in [6, 6.07) is -1.29. The fraction of sp³-hybridized carbons (Fsp3) is 0.444. The fourth-order valence-electron chi connectivity index (χ4n) is 0.603. The van der Waals surface area contributed by atoms with Gasteiger partial charge in [-0.2, -0.15) is 0 Å². The molecule has 6 N–H and O–H groups in total. The lowest BCUT2D eigenvalue weighted by Gasteiger charge is -1.99. The maximum Gasteiger partial charge on any atom is 0.372 e. The average molecular weight is 279 g/mol. The Morgan fingerprint density at radius 1 is 0.842 bits per heavy atom. The lowest BCUT2D eigenvalue weighted by Crippen LogP contribution is -2.32. The molecule has 0 aromatic rings. The van der Waals surface area contributed by atoms with Crippen molar-refractivity contribution in [1.82, 2.24) is 0 Å². The second-order valence-electron chi connectivity index (χ2n) is 3.16. The van der Waals surface area contributed by atoms with Crippen LogP contribution in [0, 0.1) is 0 Å². The van der Waals surface area contributed by atoms with Crippen molar-refractivity contribution in [2.45, 2.75) is 25.3 Å². The summed E-state index contributed by atoms with van der Waals surface area (Å²) in [6.45, 7) is 0. The molecule has 0 aromatic heterocycles. The Kier molecular flexibility index (Phi) is 9.46. The standard InChI is InChI=1S/C5H6O5.C4H7NO4/c6-3(5(9)10)1-2-4(7)8;5-2(4(8)9)1-3(6)7/h1-2H2,(H,7,8)(H,9,10);2H,1,5H2,(H,6,7)(H,8,9)/t;2-/m.0/s1. The highest BCUT2D eigenvalue weighted by Gasteiger charge is 2.14. The summed E-state index contributed by atoms with van der Waals surface area (Å²) in [5.41, 5.74) is 4.84. The summed E-state index contributed by atoms with van der Waals surface area (Å²) in [5.74, 6) is -6.32. The van der Waals surface area contributed by atoms with Crippen LogP contribution in [-0.4, -0.2) is 56.1 Å². The molecule has 19 heavy (non-hydrogen) atoms. The quantitative estimate of drug-likeness (QED) is 0.338. The van der Waals surface area contributed by atoms with Gasteiger partial charge in [-0.3, -0.25) is 19.2 Å². The van der Waals surface area contributed by atoms with Gasteiger partial charge >= 0.3 is 23.9 Å². The van der Waals surface area contributed by atoms with Gasteiger partial charge in [0.1, 0.15) is 6.04 Å². The number of hydrogen-bond donors (Lipinski definition) is 5. The van der Waals surface area contributed by atoms with E-state index in [1.54, 1.807) is 0 Å². The highest BCUT2D eigenvalue weighted by molar-refractivity contribution is 6.32. The molecule has 0 aliphatic heterocycles. The van der Waals surface area contributed by atoms with Crippen molar-refractivity contribution < 1.29 is 44.4 Å². The van der Waals surface area contributed by atoms with Crippen LogP contribution < -0.4 is 5.73 Å². The van der Waals surface area contributed by atoms with E-state index in [9.17, 15) is 24.0 Å². The van der Waals surface area contributed by atoms with Crippen molar-refractivity contribution in [1.29, 1.82) is 0 Å². The second-order valence-corrected chi connectivity index (χ2v) is 3.16. The third-order valence-electron chi connectivity index (χ3n) is 1.52. The van der Waals surface area contributed by atoms with Crippen LogP contribution in [0.1, 0.15) is 19.3 Å². The number of ketones is 1.